The van der Waals surface area contributed by atoms with Crippen LogP contribution in [0.3, 0.4) is 0 Å². The Bertz CT molecular complexity index is 1090. The van der Waals surface area contributed by atoms with Gasteiger partial charge in [0.2, 0.25) is 5.91 Å². The molecule has 3 aromatic rings. The molecule has 0 saturated heterocycles. The monoisotopic (exact) mass is 542 g/mol. The van der Waals surface area contributed by atoms with Crippen LogP contribution < -0.4 is 15.4 Å². The average Bonchev–Trinajstić information content (AvgIpc) is 2.92. The molecule has 2 N–H and O–H groups in total. The van der Waals surface area contributed by atoms with Crippen molar-refractivity contribution < 1.29 is 23.1 Å². The third kappa shape index (κ3) is 10.5. The fourth-order valence-electron chi connectivity index (χ4n) is 4.07. The van der Waals surface area contributed by atoms with E-state index in [1.54, 1.807) is 48.5 Å². The molecule has 3 rings (SSSR count). The maximum absolute atomic E-state index is 13.4. The highest BCUT2D eigenvalue weighted by Gasteiger charge is 2.15. The van der Waals surface area contributed by atoms with Crippen LogP contribution in [0.1, 0.15) is 55.6 Å². The first-order chi connectivity index (χ1) is 18.4. The van der Waals surface area contributed by atoms with E-state index in [2.05, 4.69) is 10.6 Å². The minimum atomic E-state index is -0.297. The summed E-state index contributed by atoms with van der Waals surface area (Å²) < 4.78 is 32.2. The minimum absolute atomic E-state index is 0.00561. The van der Waals surface area contributed by atoms with Crippen LogP contribution >= 0.6 is 11.6 Å². The van der Waals surface area contributed by atoms with Crippen molar-refractivity contribution in [1.29, 1.82) is 0 Å². The summed E-state index contributed by atoms with van der Waals surface area (Å²) in [5.74, 6) is -0.225. The molecule has 0 fully saturated rings. The van der Waals surface area contributed by atoms with Crippen molar-refractivity contribution in [3.8, 4) is 5.75 Å². The van der Waals surface area contributed by atoms with E-state index in [1.165, 1.54) is 24.3 Å². The van der Waals surface area contributed by atoms with E-state index in [1.807, 2.05) is 0 Å². The second-order valence-corrected chi connectivity index (χ2v) is 9.49. The smallest absolute Gasteiger partial charge is 0.257 e. The lowest BCUT2D eigenvalue weighted by atomic mass is 9.87. The Labute approximate surface area is 227 Å². The molecule has 2 amide bonds. The van der Waals surface area contributed by atoms with Gasteiger partial charge in [-0.25, -0.2) is 8.78 Å². The number of nitrogens with one attached hydrogen (secondary N) is 2. The number of rotatable bonds is 15. The molecule has 0 radical (unpaired) electrons. The van der Waals surface area contributed by atoms with Crippen molar-refractivity contribution in [1.82, 2.24) is 10.6 Å². The fraction of sp³-hybridized carbons (Fsp3) is 0.333. The Kier molecular flexibility index (Phi) is 12.0. The molecule has 0 aromatic heterocycles. The summed E-state index contributed by atoms with van der Waals surface area (Å²) in [5, 5.41) is 6.31. The molecule has 8 heteroatoms. The summed E-state index contributed by atoms with van der Waals surface area (Å²) in [6.07, 6.45) is 4.20. The number of ether oxygens (including phenoxy) is 1. The average molecular weight is 543 g/mol. The first kappa shape index (κ1) is 29.1. The van der Waals surface area contributed by atoms with Gasteiger partial charge in [-0.15, -0.1) is 0 Å². The van der Waals surface area contributed by atoms with Crippen LogP contribution in [0.2, 0.25) is 5.02 Å². The number of amides is 2. The predicted molar refractivity (Wildman–Crippen MR) is 145 cm³/mol. The van der Waals surface area contributed by atoms with Crippen molar-refractivity contribution in [3.63, 3.8) is 0 Å². The summed E-state index contributed by atoms with van der Waals surface area (Å²) in [6, 6.07) is 19.5. The normalized spacial score (nSPS) is 10.8. The maximum atomic E-state index is 13.4. The molecule has 0 unspecified atom stereocenters. The number of carbonyl (C=O) groups is 2. The van der Waals surface area contributed by atoms with Crippen molar-refractivity contribution in [2.45, 2.75) is 44.4 Å². The van der Waals surface area contributed by atoms with E-state index in [0.29, 0.717) is 36.7 Å². The highest BCUT2D eigenvalue weighted by atomic mass is 35.5. The summed E-state index contributed by atoms with van der Waals surface area (Å²) in [4.78, 5) is 24.1. The lowest BCUT2D eigenvalue weighted by Crippen LogP contribution is -2.30. The van der Waals surface area contributed by atoms with E-state index < -0.39 is 0 Å². The van der Waals surface area contributed by atoms with E-state index in [4.69, 9.17) is 16.3 Å². The molecular formula is C30H33ClF2N2O3. The van der Waals surface area contributed by atoms with Gasteiger partial charge in [0.1, 0.15) is 17.4 Å². The van der Waals surface area contributed by atoms with Crippen LogP contribution in [0.25, 0.3) is 0 Å². The van der Waals surface area contributed by atoms with Gasteiger partial charge in [0, 0.05) is 30.5 Å². The van der Waals surface area contributed by atoms with Crippen LogP contribution in [0.5, 0.6) is 5.75 Å². The van der Waals surface area contributed by atoms with Crippen LogP contribution in [0.4, 0.5) is 8.78 Å². The van der Waals surface area contributed by atoms with Gasteiger partial charge in [-0.2, -0.15) is 0 Å². The maximum Gasteiger partial charge on any atom is 0.257 e. The first-order valence-corrected chi connectivity index (χ1v) is 13.2. The van der Waals surface area contributed by atoms with Gasteiger partial charge in [-0.05, 0) is 85.3 Å². The molecule has 0 aliphatic rings. The number of unbranched alkanes of at least 4 members (excludes halogenated alkanes) is 2. The van der Waals surface area contributed by atoms with Crippen molar-refractivity contribution in [3.05, 3.63) is 101 Å². The summed E-state index contributed by atoms with van der Waals surface area (Å²) in [7, 11) is 0. The molecule has 0 bridgehead atoms. The molecule has 5 nitrogen and oxygen atoms in total. The first-order valence-electron chi connectivity index (χ1n) is 12.8. The molecule has 202 valence electrons. The number of hydrogen-bond acceptors (Lipinski definition) is 3. The standard InChI is InChI=1S/C30H33ClF2N2O3/c31-24-11-17-27(18-12-24)38-21-30(37)35-20-4-3-19-34-29(36)6-2-1-5-28(22-7-13-25(32)14-8-22)23-9-15-26(33)16-10-23/h7-18,28H,1-6,19-21H2,(H,34,36)(H,35,37). The van der Waals surface area contributed by atoms with Crippen LogP contribution in [0, 0.1) is 11.6 Å². The van der Waals surface area contributed by atoms with Gasteiger partial charge in [-0.3, -0.25) is 9.59 Å². The molecule has 0 spiro atoms. The molecule has 0 aliphatic heterocycles. The predicted octanol–water partition coefficient (Wildman–Crippen LogP) is 6.40. The van der Waals surface area contributed by atoms with E-state index in [-0.39, 0.29) is 36.0 Å². The van der Waals surface area contributed by atoms with Crippen molar-refractivity contribution in [2.75, 3.05) is 19.7 Å². The molecule has 38 heavy (non-hydrogen) atoms. The third-order valence-corrected chi connectivity index (χ3v) is 6.37. The molecule has 0 saturated carbocycles. The van der Waals surface area contributed by atoms with E-state index >= 15 is 0 Å². The SMILES string of the molecule is O=C(CCCCC(c1ccc(F)cc1)c1ccc(F)cc1)NCCCCNC(=O)COc1ccc(Cl)cc1. The van der Waals surface area contributed by atoms with Crippen LogP contribution in [0.15, 0.2) is 72.8 Å². The Balaban J connectivity index is 1.27. The highest BCUT2D eigenvalue weighted by molar-refractivity contribution is 6.30. The van der Waals surface area contributed by atoms with Crippen LogP contribution in [-0.4, -0.2) is 31.5 Å². The third-order valence-electron chi connectivity index (χ3n) is 6.12. The summed E-state index contributed by atoms with van der Waals surface area (Å²) in [6.45, 7) is 0.984. The van der Waals surface area contributed by atoms with Crippen molar-refractivity contribution in [2.24, 2.45) is 0 Å². The van der Waals surface area contributed by atoms with Crippen LogP contribution in [-0.2, 0) is 9.59 Å². The van der Waals surface area contributed by atoms with Gasteiger partial charge >= 0.3 is 0 Å². The zero-order valence-corrected chi connectivity index (χ0v) is 22.0. The second kappa shape index (κ2) is 15.7. The Morgan fingerprint density at radius 3 is 1.79 bits per heavy atom. The lowest BCUT2D eigenvalue weighted by molar-refractivity contribution is -0.123. The molecule has 3 aromatic carbocycles. The molecule has 0 atom stereocenters. The van der Waals surface area contributed by atoms with Crippen molar-refractivity contribution >= 4 is 23.4 Å². The highest BCUT2D eigenvalue weighted by Crippen LogP contribution is 2.30. The molecule has 0 heterocycles. The number of benzene rings is 3. The van der Waals surface area contributed by atoms with Gasteiger partial charge in [0.15, 0.2) is 6.61 Å². The molecule has 0 aliphatic carbocycles. The zero-order valence-electron chi connectivity index (χ0n) is 21.2. The van der Waals surface area contributed by atoms with E-state index in [9.17, 15) is 18.4 Å². The summed E-state index contributed by atoms with van der Waals surface area (Å²) in [5.41, 5.74) is 1.93. The number of halogens is 3. The zero-order chi connectivity index (χ0) is 27.2. The topological polar surface area (TPSA) is 67.4 Å². The van der Waals surface area contributed by atoms with Gasteiger partial charge < -0.3 is 15.4 Å². The Morgan fingerprint density at radius 1 is 0.711 bits per heavy atom. The molecular weight excluding hydrogens is 510 g/mol. The number of carbonyl (C=O) groups excluding carboxylic acids is 2. The van der Waals surface area contributed by atoms with E-state index in [0.717, 1.165) is 36.8 Å². The summed E-state index contributed by atoms with van der Waals surface area (Å²) >= 11 is 5.82. The minimum Gasteiger partial charge on any atom is -0.484 e. The largest absolute Gasteiger partial charge is 0.484 e. The van der Waals surface area contributed by atoms with Gasteiger partial charge in [-0.1, -0.05) is 42.3 Å². The number of hydrogen-bond donors (Lipinski definition) is 2. The second-order valence-electron chi connectivity index (χ2n) is 9.05. The quantitative estimate of drug-likeness (QED) is 0.218. The van der Waals surface area contributed by atoms with Gasteiger partial charge in [0.25, 0.3) is 5.91 Å². The fourth-order valence-corrected chi connectivity index (χ4v) is 4.20. The van der Waals surface area contributed by atoms with Gasteiger partial charge in [0.05, 0.1) is 0 Å². The Morgan fingerprint density at radius 2 is 1.24 bits per heavy atom. The lowest BCUT2D eigenvalue weighted by Gasteiger charge is -2.18. The Hall–Kier alpha value is -3.45.